The minimum atomic E-state index is -3.30. The molecule has 2 aromatic rings. The fourth-order valence-electron chi connectivity index (χ4n) is 4.38. The Labute approximate surface area is 191 Å². The van der Waals surface area contributed by atoms with Crippen LogP contribution < -0.4 is 5.32 Å². The molecule has 2 aliphatic rings. The number of carbonyl (C=O) groups excluding carboxylic acids is 2. The van der Waals surface area contributed by atoms with Gasteiger partial charge in [-0.3, -0.25) is 0 Å². The first-order chi connectivity index (χ1) is 15.5. The van der Waals surface area contributed by atoms with Crippen LogP contribution in [-0.2, 0) is 9.47 Å². The first-order valence-corrected chi connectivity index (χ1v) is 11.0. The van der Waals surface area contributed by atoms with Crippen LogP contribution in [0.25, 0.3) is 11.1 Å². The second kappa shape index (κ2) is 8.65. The normalized spacial score (nSPS) is 19.4. The van der Waals surface area contributed by atoms with Crippen LogP contribution in [0.15, 0.2) is 48.5 Å². The van der Waals surface area contributed by atoms with Crippen LogP contribution in [0.4, 0.5) is 18.4 Å². The van der Waals surface area contributed by atoms with Gasteiger partial charge in [0.05, 0.1) is 12.6 Å². The van der Waals surface area contributed by atoms with Gasteiger partial charge < -0.3 is 19.7 Å². The Morgan fingerprint density at radius 3 is 2.18 bits per heavy atom. The van der Waals surface area contributed by atoms with E-state index in [4.69, 9.17) is 9.47 Å². The van der Waals surface area contributed by atoms with Gasteiger partial charge in [-0.25, -0.2) is 18.4 Å². The molecular formula is C25H28F2N2O4. The summed E-state index contributed by atoms with van der Waals surface area (Å²) in [4.78, 5) is 25.5. The van der Waals surface area contributed by atoms with Crippen molar-refractivity contribution in [1.29, 1.82) is 0 Å². The first kappa shape index (κ1) is 23.0. The maximum Gasteiger partial charge on any atom is 0.410 e. The van der Waals surface area contributed by atoms with Crippen LogP contribution in [0.2, 0.25) is 0 Å². The highest BCUT2D eigenvalue weighted by Crippen LogP contribution is 2.44. The number of ether oxygens (including phenoxy) is 2. The minimum absolute atomic E-state index is 0.0438. The molecule has 0 radical (unpaired) electrons. The summed E-state index contributed by atoms with van der Waals surface area (Å²) in [5.41, 5.74) is 3.49. The van der Waals surface area contributed by atoms with Crippen LogP contribution in [0, 0.1) is 0 Å². The molecule has 6 nitrogen and oxygen atoms in total. The summed E-state index contributed by atoms with van der Waals surface area (Å²) < 4.78 is 39.9. The molecule has 33 heavy (non-hydrogen) atoms. The van der Waals surface area contributed by atoms with Crippen molar-refractivity contribution in [3.63, 3.8) is 0 Å². The minimum Gasteiger partial charge on any atom is -0.449 e. The summed E-state index contributed by atoms with van der Waals surface area (Å²) in [6, 6.07) is 14.4. The van der Waals surface area contributed by atoms with E-state index in [0.717, 1.165) is 27.2 Å². The van der Waals surface area contributed by atoms with E-state index >= 15 is 0 Å². The Balaban J connectivity index is 1.36. The van der Waals surface area contributed by atoms with E-state index in [-0.39, 0.29) is 25.5 Å². The smallest absolute Gasteiger partial charge is 0.410 e. The summed E-state index contributed by atoms with van der Waals surface area (Å²) in [5.74, 6) is -3.46. The fourth-order valence-corrected chi connectivity index (χ4v) is 4.38. The number of piperidine rings is 1. The molecular weight excluding hydrogens is 430 g/mol. The van der Waals surface area contributed by atoms with Gasteiger partial charge in [0.25, 0.3) is 5.92 Å². The van der Waals surface area contributed by atoms with Crippen molar-refractivity contribution in [2.24, 2.45) is 0 Å². The van der Waals surface area contributed by atoms with E-state index in [1.54, 1.807) is 20.8 Å². The Kier molecular flexibility index (Phi) is 6.03. The summed E-state index contributed by atoms with van der Waals surface area (Å²) >= 11 is 0. The molecule has 1 fully saturated rings. The molecule has 1 atom stereocenters. The third kappa shape index (κ3) is 4.94. The highest BCUT2D eigenvalue weighted by atomic mass is 19.3. The average Bonchev–Trinajstić information content (AvgIpc) is 3.06. The standard InChI is InChI=1S/C25H28F2N2O4/c1-24(2,3)33-23(31)29-13-12-21(25(26,27)15-29)28-22(30)32-14-20-18-10-6-4-8-16(18)17-9-5-7-11-19(17)20/h4-11,20-21H,12-15H2,1-3H3,(H,28,30). The highest BCUT2D eigenvalue weighted by Gasteiger charge is 2.47. The number of hydrogen-bond donors (Lipinski definition) is 1. The largest absolute Gasteiger partial charge is 0.449 e. The number of hydrogen-bond acceptors (Lipinski definition) is 4. The van der Waals surface area contributed by atoms with Gasteiger partial charge in [0.2, 0.25) is 0 Å². The van der Waals surface area contributed by atoms with Gasteiger partial charge in [-0.05, 0) is 49.4 Å². The molecule has 8 heteroatoms. The van der Waals surface area contributed by atoms with E-state index in [2.05, 4.69) is 5.32 Å². The second-order valence-corrected chi connectivity index (χ2v) is 9.47. The summed E-state index contributed by atoms with van der Waals surface area (Å²) in [6.07, 6.45) is -1.79. The number of nitrogens with one attached hydrogen (secondary N) is 1. The summed E-state index contributed by atoms with van der Waals surface area (Å²) in [7, 11) is 0. The van der Waals surface area contributed by atoms with Crippen LogP contribution in [0.5, 0.6) is 0 Å². The van der Waals surface area contributed by atoms with Gasteiger partial charge in [0, 0.05) is 12.5 Å². The zero-order valence-electron chi connectivity index (χ0n) is 18.9. The van der Waals surface area contributed by atoms with E-state index in [1.807, 2.05) is 48.5 Å². The lowest BCUT2D eigenvalue weighted by Gasteiger charge is -2.38. The molecule has 0 bridgehead atoms. The van der Waals surface area contributed by atoms with E-state index < -0.39 is 36.3 Å². The van der Waals surface area contributed by atoms with Crippen LogP contribution in [-0.4, -0.2) is 54.3 Å². The molecule has 1 unspecified atom stereocenters. The zero-order valence-corrected chi connectivity index (χ0v) is 18.9. The Hall–Kier alpha value is -3.16. The molecule has 0 saturated carbocycles. The van der Waals surface area contributed by atoms with E-state index in [9.17, 15) is 18.4 Å². The lowest BCUT2D eigenvalue weighted by Crippen LogP contribution is -2.59. The fraction of sp³-hybridized carbons (Fsp3) is 0.440. The van der Waals surface area contributed by atoms with E-state index in [1.165, 1.54) is 0 Å². The van der Waals surface area contributed by atoms with Gasteiger partial charge in [0.15, 0.2) is 0 Å². The van der Waals surface area contributed by atoms with Gasteiger partial charge in [-0.2, -0.15) is 0 Å². The molecule has 1 aliphatic heterocycles. The Bertz CT molecular complexity index is 1010. The average molecular weight is 459 g/mol. The number of alkyl carbamates (subject to hydrolysis) is 1. The third-order valence-corrected chi connectivity index (χ3v) is 5.89. The molecule has 2 aromatic carbocycles. The molecule has 1 aliphatic carbocycles. The quantitative estimate of drug-likeness (QED) is 0.689. The number of halogens is 2. The number of carbonyl (C=O) groups is 2. The number of amides is 2. The predicted molar refractivity (Wildman–Crippen MR) is 119 cm³/mol. The van der Waals surface area contributed by atoms with Gasteiger partial charge in [-0.15, -0.1) is 0 Å². The zero-order chi connectivity index (χ0) is 23.8. The van der Waals surface area contributed by atoms with Crippen molar-refractivity contribution in [1.82, 2.24) is 10.2 Å². The van der Waals surface area contributed by atoms with Crippen LogP contribution in [0.1, 0.15) is 44.2 Å². The first-order valence-electron chi connectivity index (χ1n) is 11.0. The topological polar surface area (TPSA) is 67.9 Å². The van der Waals surface area contributed by atoms with Crippen LogP contribution in [0.3, 0.4) is 0 Å². The van der Waals surface area contributed by atoms with Crippen molar-refractivity contribution in [3.05, 3.63) is 59.7 Å². The Morgan fingerprint density at radius 1 is 1.06 bits per heavy atom. The molecule has 4 rings (SSSR count). The summed E-state index contributed by atoms with van der Waals surface area (Å²) in [5, 5.41) is 2.30. The molecule has 176 valence electrons. The lowest BCUT2D eigenvalue weighted by atomic mass is 9.98. The number of nitrogens with zero attached hydrogens (tertiary/aromatic N) is 1. The highest BCUT2D eigenvalue weighted by molar-refractivity contribution is 5.79. The SMILES string of the molecule is CC(C)(C)OC(=O)N1CCC(NC(=O)OCC2c3ccccc3-c3ccccc32)C(F)(F)C1. The van der Waals surface area contributed by atoms with Crippen molar-refractivity contribution in [2.75, 3.05) is 19.7 Å². The monoisotopic (exact) mass is 458 g/mol. The number of alkyl halides is 2. The number of rotatable bonds is 3. The van der Waals surface area contributed by atoms with Crippen molar-refractivity contribution < 1.29 is 27.8 Å². The lowest BCUT2D eigenvalue weighted by molar-refractivity contribution is -0.0900. The van der Waals surface area contributed by atoms with Gasteiger partial charge in [0.1, 0.15) is 12.2 Å². The number of benzene rings is 2. The van der Waals surface area contributed by atoms with Crippen molar-refractivity contribution in [3.8, 4) is 11.1 Å². The third-order valence-electron chi connectivity index (χ3n) is 5.89. The van der Waals surface area contributed by atoms with Crippen molar-refractivity contribution in [2.45, 2.75) is 50.7 Å². The Morgan fingerprint density at radius 2 is 1.64 bits per heavy atom. The maximum absolute atomic E-state index is 14.7. The molecule has 1 N–H and O–H groups in total. The number of fused-ring (bicyclic) bond motifs is 3. The molecule has 2 amide bonds. The summed E-state index contributed by atoms with van der Waals surface area (Å²) in [6.45, 7) is 4.30. The van der Waals surface area contributed by atoms with Crippen molar-refractivity contribution >= 4 is 12.2 Å². The maximum atomic E-state index is 14.7. The molecule has 1 heterocycles. The van der Waals surface area contributed by atoms with Gasteiger partial charge in [-0.1, -0.05) is 48.5 Å². The van der Waals surface area contributed by atoms with E-state index in [0.29, 0.717) is 0 Å². The predicted octanol–water partition coefficient (Wildman–Crippen LogP) is 5.17. The molecule has 0 aromatic heterocycles. The number of likely N-dealkylation sites (tertiary alicyclic amines) is 1. The molecule has 0 spiro atoms. The molecule has 1 saturated heterocycles. The van der Waals surface area contributed by atoms with Crippen LogP contribution >= 0.6 is 0 Å². The van der Waals surface area contributed by atoms with Gasteiger partial charge >= 0.3 is 12.2 Å². The second-order valence-electron chi connectivity index (χ2n) is 9.47.